The Morgan fingerprint density at radius 3 is 1.94 bits per heavy atom. The standard InChI is InChI=1S/C8H15BO7/c9-5(7(14)15)1-6(13)16-8(2-10,3-11)4-12/h5,10-12H,1-4,9H2,(H,14,15). The molecule has 16 heavy (non-hydrogen) atoms. The second-order valence-corrected chi connectivity index (χ2v) is 3.57. The normalized spacial score (nSPS) is 13.2. The Kier molecular flexibility index (Phi) is 6.01. The number of aliphatic carboxylic acids is 1. The number of ether oxygens (including phenoxy) is 1. The van der Waals surface area contributed by atoms with E-state index in [2.05, 4.69) is 4.74 Å². The first-order valence-corrected chi connectivity index (χ1v) is 4.68. The van der Waals surface area contributed by atoms with Gasteiger partial charge in [0.1, 0.15) is 7.85 Å². The maximum Gasteiger partial charge on any atom is 0.306 e. The minimum atomic E-state index is -1.75. The Bertz CT molecular complexity index is 243. The molecule has 0 heterocycles. The number of carboxylic acid groups (broad SMARTS) is 1. The van der Waals surface area contributed by atoms with E-state index in [9.17, 15) is 9.59 Å². The number of carbonyl (C=O) groups excluding carboxylic acids is 1. The van der Waals surface area contributed by atoms with Crippen LogP contribution in [0.1, 0.15) is 6.42 Å². The lowest BCUT2D eigenvalue weighted by Crippen LogP contribution is -2.46. The van der Waals surface area contributed by atoms with Gasteiger partial charge in [-0.05, 0) is 0 Å². The number of hydrogen-bond donors (Lipinski definition) is 4. The molecule has 0 amide bonds. The molecule has 8 heteroatoms. The van der Waals surface area contributed by atoms with E-state index >= 15 is 0 Å². The van der Waals surface area contributed by atoms with Gasteiger partial charge < -0.3 is 25.2 Å². The van der Waals surface area contributed by atoms with Gasteiger partial charge in [-0.1, -0.05) is 0 Å². The number of carboxylic acids is 1. The van der Waals surface area contributed by atoms with Gasteiger partial charge in [0, 0.05) is 5.82 Å². The van der Waals surface area contributed by atoms with Crippen molar-refractivity contribution in [3.05, 3.63) is 0 Å². The van der Waals surface area contributed by atoms with Gasteiger partial charge in [0.15, 0.2) is 5.60 Å². The molecular weight excluding hydrogens is 219 g/mol. The van der Waals surface area contributed by atoms with Gasteiger partial charge in [0.05, 0.1) is 26.2 Å². The van der Waals surface area contributed by atoms with Crippen LogP contribution in [0.5, 0.6) is 0 Å². The maximum absolute atomic E-state index is 11.2. The maximum atomic E-state index is 11.2. The number of rotatable bonds is 7. The lowest BCUT2D eigenvalue weighted by atomic mass is 9.85. The van der Waals surface area contributed by atoms with Crippen molar-refractivity contribution < 1.29 is 34.8 Å². The predicted molar refractivity (Wildman–Crippen MR) is 54.6 cm³/mol. The molecule has 0 aromatic carbocycles. The summed E-state index contributed by atoms with van der Waals surface area (Å²) in [6, 6.07) is 0. The van der Waals surface area contributed by atoms with Gasteiger partial charge in [-0.15, -0.1) is 0 Å². The Morgan fingerprint density at radius 2 is 1.62 bits per heavy atom. The minimum Gasteiger partial charge on any atom is -0.482 e. The van der Waals surface area contributed by atoms with Crippen molar-refractivity contribution in [1.82, 2.24) is 0 Å². The molecule has 1 unspecified atom stereocenters. The van der Waals surface area contributed by atoms with Crippen LogP contribution in [0.2, 0.25) is 5.82 Å². The summed E-state index contributed by atoms with van der Waals surface area (Å²) in [6.07, 6.45) is -0.392. The third kappa shape index (κ3) is 4.17. The molecule has 1 atom stereocenters. The molecule has 0 aromatic heterocycles. The molecule has 0 spiro atoms. The average Bonchev–Trinajstić information content (AvgIpc) is 2.26. The zero-order valence-electron chi connectivity index (χ0n) is 8.92. The quantitative estimate of drug-likeness (QED) is 0.276. The zero-order valence-corrected chi connectivity index (χ0v) is 8.92. The van der Waals surface area contributed by atoms with Crippen LogP contribution in [0, 0.1) is 0 Å². The molecule has 0 saturated heterocycles. The minimum absolute atomic E-state index is 0.392. The smallest absolute Gasteiger partial charge is 0.306 e. The fourth-order valence-electron chi connectivity index (χ4n) is 0.867. The second kappa shape index (κ2) is 6.46. The monoisotopic (exact) mass is 234 g/mol. The van der Waals surface area contributed by atoms with Crippen LogP contribution in [0.25, 0.3) is 0 Å². The Labute approximate surface area is 93.1 Å². The number of esters is 1. The van der Waals surface area contributed by atoms with Gasteiger partial charge in [0.2, 0.25) is 0 Å². The van der Waals surface area contributed by atoms with E-state index in [-0.39, 0.29) is 0 Å². The van der Waals surface area contributed by atoms with Gasteiger partial charge in [0.25, 0.3) is 5.97 Å². The van der Waals surface area contributed by atoms with Crippen molar-refractivity contribution in [3.8, 4) is 0 Å². The Morgan fingerprint density at radius 1 is 1.19 bits per heavy atom. The van der Waals surface area contributed by atoms with Crippen molar-refractivity contribution in [2.75, 3.05) is 19.8 Å². The van der Waals surface area contributed by atoms with Gasteiger partial charge in [-0.3, -0.25) is 9.59 Å². The third-order valence-corrected chi connectivity index (χ3v) is 2.09. The molecule has 7 nitrogen and oxygen atoms in total. The van der Waals surface area contributed by atoms with E-state index in [0.29, 0.717) is 0 Å². The number of aliphatic hydroxyl groups excluding tert-OH is 3. The topological polar surface area (TPSA) is 124 Å². The lowest BCUT2D eigenvalue weighted by Gasteiger charge is -2.27. The van der Waals surface area contributed by atoms with E-state index in [1.54, 1.807) is 0 Å². The highest BCUT2D eigenvalue weighted by Gasteiger charge is 2.33. The van der Waals surface area contributed by atoms with E-state index in [1.165, 1.54) is 7.85 Å². The largest absolute Gasteiger partial charge is 0.482 e. The molecule has 0 radical (unpaired) electrons. The van der Waals surface area contributed by atoms with Crippen molar-refractivity contribution in [2.45, 2.75) is 17.8 Å². The molecule has 0 rings (SSSR count). The highest BCUT2D eigenvalue weighted by atomic mass is 16.6. The molecule has 92 valence electrons. The van der Waals surface area contributed by atoms with Crippen LogP contribution in [-0.4, -0.2) is 65.6 Å². The van der Waals surface area contributed by atoms with Crippen LogP contribution >= 0.6 is 0 Å². The third-order valence-electron chi connectivity index (χ3n) is 2.09. The fraction of sp³-hybridized carbons (Fsp3) is 0.750. The zero-order chi connectivity index (χ0) is 12.8. The summed E-state index contributed by atoms with van der Waals surface area (Å²) in [7, 11) is 1.32. The summed E-state index contributed by atoms with van der Waals surface area (Å²) in [5.74, 6) is -2.98. The van der Waals surface area contributed by atoms with Crippen LogP contribution in [0.4, 0.5) is 0 Å². The van der Waals surface area contributed by atoms with Crippen molar-refractivity contribution >= 4 is 19.8 Å². The number of hydrogen-bond acceptors (Lipinski definition) is 6. The molecule has 0 aliphatic rings. The van der Waals surface area contributed by atoms with Gasteiger partial charge >= 0.3 is 5.97 Å². The summed E-state index contributed by atoms with van der Waals surface area (Å²) in [6.45, 7) is -2.23. The summed E-state index contributed by atoms with van der Waals surface area (Å²) < 4.78 is 4.65. The highest BCUT2D eigenvalue weighted by molar-refractivity contribution is 6.23. The van der Waals surface area contributed by atoms with Crippen LogP contribution in [-0.2, 0) is 14.3 Å². The number of aliphatic hydroxyl groups is 3. The highest BCUT2D eigenvalue weighted by Crippen LogP contribution is 2.14. The first-order valence-electron chi connectivity index (χ1n) is 4.68. The van der Waals surface area contributed by atoms with E-state index in [0.717, 1.165) is 0 Å². The molecule has 0 saturated carbocycles. The molecule has 4 N–H and O–H groups in total. The average molecular weight is 234 g/mol. The lowest BCUT2D eigenvalue weighted by molar-refractivity contribution is -0.177. The van der Waals surface area contributed by atoms with E-state index in [1.807, 2.05) is 0 Å². The summed E-state index contributed by atoms with van der Waals surface area (Å²) in [5, 5.41) is 35.1. The van der Waals surface area contributed by atoms with Crippen LogP contribution < -0.4 is 0 Å². The second-order valence-electron chi connectivity index (χ2n) is 3.57. The fourth-order valence-corrected chi connectivity index (χ4v) is 0.867. The van der Waals surface area contributed by atoms with Crippen LogP contribution in [0.15, 0.2) is 0 Å². The summed E-state index contributed by atoms with van der Waals surface area (Å²) >= 11 is 0. The first kappa shape index (κ1) is 14.9. The molecular formula is C8H15BO7. The Balaban J connectivity index is 4.36. The van der Waals surface area contributed by atoms with Gasteiger partial charge in [-0.25, -0.2) is 0 Å². The number of carbonyl (C=O) groups is 2. The van der Waals surface area contributed by atoms with Crippen LogP contribution in [0.3, 0.4) is 0 Å². The summed E-state index contributed by atoms with van der Waals surface area (Å²) in [4.78, 5) is 21.7. The van der Waals surface area contributed by atoms with Crippen molar-refractivity contribution in [2.24, 2.45) is 0 Å². The van der Waals surface area contributed by atoms with Crippen molar-refractivity contribution in [3.63, 3.8) is 0 Å². The van der Waals surface area contributed by atoms with Crippen molar-refractivity contribution in [1.29, 1.82) is 0 Å². The molecule has 0 fully saturated rings. The molecule has 0 aromatic rings. The van der Waals surface area contributed by atoms with E-state index in [4.69, 9.17) is 20.4 Å². The van der Waals surface area contributed by atoms with E-state index < -0.39 is 49.6 Å². The van der Waals surface area contributed by atoms with Gasteiger partial charge in [-0.2, -0.15) is 0 Å². The molecule has 0 aliphatic carbocycles. The predicted octanol–water partition coefficient (Wildman–Crippen LogP) is -2.86. The summed E-state index contributed by atoms with van der Waals surface area (Å²) in [5.41, 5.74) is -1.75. The first-order chi connectivity index (χ1) is 7.40. The Hall–Kier alpha value is -1.12. The molecule has 0 bridgehead atoms. The molecule has 0 aliphatic heterocycles. The SMILES string of the molecule is BC(CC(=O)OC(CO)(CO)CO)C(=O)O.